The first-order valence-corrected chi connectivity index (χ1v) is 5.40. The molecule has 2 unspecified atom stereocenters. The molecule has 0 spiro atoms. The lowest BCUT2D eigenvalue weighted by molar-refractivity contribution is 0.514. The molecule has 1 aromatic rings. The highest BCUT2D eigenvalue weighted by molar-refractivity contribution is 5.43. The second-order valence-electron chi connectivity index (χ2n) is 4.53. The number of nitrogens with two attached hydrogens (primary N) is 1. The Hall–Kier alpha value is -0.990. The van der Waals surface area contributed by atoms with Gasteiger partial charge in [0.05, 0.1) is 5.69 Å². The van der Waals surface area contributed by atoms with E-state index in [0.717, 1.165) is 11.7 Å². The summed E-state index contributed by atoms with van der Waals surface area (Å²) in [7, 11) is 1.92. The quantitative estimate of drug-likeness (QED) is 0.743. The van der Waals surface area contributed by atoms with Crippen molar-refractivity contribution in [3.8, 4) is 0 Å². The first-order chi connectivity index (χ1) is 6.61. The minimum atomic E-state index is 0.637. The van der Waals surface area contributed by atoms with Crippen LogP contribution in [0.1, 0.15) is 43.4 Å². The van der Waals surface area contributed by atoms with Crippen LogP contribution in [0.5, 0.6) is 0 Å². The van der Waals surface area contributed by atoms with E-state index in [1.807, 2.05) is 7.05 Å². The van der Waals surface area contributed by atoms with Gasteiger partial charge in [0.1, 0.15) is 5.82 Å². The van der Waals surface area contributed by atoms with Gasteiger partial charge in [-0.1, -0.05) is 19.8 Å². The van der Waals surface area contributed by atoms with Gasteiger partial charge < -0.3 is 5.73 Å². The highest BCUT2D eigenvalue weighted by Crippen LogP contribution is 2.40. The van der Waals surface area contributed by atoms with Gasteiger partial charge in [-0.2, -0.15) is 5.10 Å². The smallest absolute Gasteiger partial charge is 0.124 e. The number of hydrogen-bond acceptors (Lipinski definition) is 2. The third kappa shape index (κ3) is 1.31. The monoisotopic (exact) mass is 193 g/mol. The van der Waals surface area contributed by atoms with Crippen LogP contribution >= 0.6 is 0 Å². The summed E-state index contributed by atoms with van der Waals surface area (Å²) >= 11 is 0. The zero-order chi connectivity index (χ0) is 10.3. The number of nitrogens with zero attached hydrogens (tertiary/aromatic N) is 2. The maximum Gasteiger partial charge on any atom is 0.124 e. The molecule has 0 aliphatic heterocycles. The van der Waals surface area contributed by atoms with Crippen molar-refractivity contribution in [3.63, 3.8) is 0 Å². The number of rotatable bonds is 1. The van der Waals surface area contributed by atoms with E-state index in [0.29, 0.717) is 5.92 Å². The molecule has 3 nitrogen and oxygen atoms in total. The number of nitrogen functional groups attached to an aromatic ring is 1. The van der Waals surface area contributed by atoms with E-state index in [9.17, 15) is 0 Å². The Morgan fingerprint density at radius 1 is 1.43 bits per heavy atom. The van der Waals surface area contributed by atoms with E-state index in [1.165, 1.54) is 30.5 Å². The van der Waals surface area contributed by atoms with E-state index >= 15 is 0 Å². The van der Waals surface area contributed by atoms with E-state index in [-0.39, 0.29) is 0 Å². The van der Waals surface area contributed by atoms with Crippen molar-refractivity contribution in [2.24, 2.45) is 13.0 Å². The van der Waals surface area contributed by atoms with Crippen molar-refractivity contribution >= 4 is 5.82 Å². The third-order valence-electron chi connectivity index (χ3n) is 3.59. The average Bonchev–Trinajstić information content (AvgIpc) is 2.66. The molecular weight excluding hydrogens is 174 g/mol. The molecule has 0 bridgehead atoms. The van der Waals surface area contributed by atoms with Crippen molar-refractivity contribution < 1.29 is 0 Å². The van der Waals surface area contributed by atoms with Gasteiger partial charge >= 0.3 is 0 Å². The zero-order valence-electron chi connectivity index (χ0n) is 9.25. The molecule has 2 atom stereocenters. The molecule has 14 heavy (non-hydrogen) atoms. The van der Waals surface area contributed by atoms with E-state index in [1.54, 1.807) is 4.68 Å². The van der Waals surface area contributed by atoms with Gasteiger partial charge in [-0.05, 0) is 19.3 Å². The number of anilines is 1. The van der Waals surface area contributed by atoms with E-state index in [2.05, 4.69) is 18.9 Å². The number of aromatic nitrogens is 2. The lowest BCUT2D eigenvalue weighted by atomic mass is 9.92. The molecule has 1 fully saturated rings. The SMILES string of the molecule is Cc1c(C2CCCC2C)nn(C)c1N. The van der Waals surface area contributed by atoms with Gasteiger partial charge in [0.2, 0.25) is 0 Å². The van der Waals surface area contributed by atoms with E-state index in [4.69, 9.17) is 5.73 Å². The molecule has 0 saturated heterocycles. The second kappa shape index (κ2) is 3.30. The third-order valence-corrected chi connectivity index (χ3v) is 3.59. The molecule has 3 heteroatoms. The van der Waals surface area contributed by atoms with Gasteiger partial charge in [0.15, 0.2) is 0 Å². The molecule has 1 aromatic heterocycles. The van der Waals surface area contributed by atoms with Crippen LogP contribution in [0.2, 0.25) is 0 Å². The van der Waals surface area contributed by atoms with Crippen LogP contribution < -0.4 is 5.73 Å². The molecule has 0 amide bonds. The lowest BCUT2D eigenvalue weighted by Gasteiger charge is -2.13. The van der Waals surface area contributed by atoms with Crippen LogP contribution in [0.4, 0.5) is 5.82 Å². The molecule has 0 radical (unpaired) electrons. The van der Waals surface area contributed by atoms with Gasteiger partial charge in [0.25, 0.3) is 0 Å². The molecule has 1 aliphatic rings. The summed E-state index contributed by atoms with van der Waals surface area (Å²) in [6.45, 7) is 4.41. The van der Waals surface area contributed by atoms with Gasteiger partial charge in [-0.3, -0.25) is 4.68 Å². The van der Waals surface area contributed by atoms with Crippen molar-refractivity contribution in [2.75, 3.05) is 5.73 Å². The van der Waals surface area contributed by atoms with Crippen LogP contribution in [0.3, 0.4) is 0 Å². The predicted molar refractivity (Wildman–Crippen MR) is 58.1 cm³/mol. The van der Waals surface area contributed by atoms with Crippen LogP contribution in [-0.2, 0) is 7.05 Å². The summed E-state index contributed by atoms with van der Waals surface area (Å²) in [5.41, 5.74) is 8.33. The molecular formula is C11H19N3. The molecule has 2 rings (SSSR count). The number of hydrogen-bond donors (Lipinski definition) is 1. The van der Waals surface area contributed by atoms with Crippen LogP contribution in [0.15, 0.2) is 0 Å². The van der Waals surface area contributed by atoms with Gasteiger partial charge in [-0.15, -0.1) is 0 Å². The van der Waals surface area contributed by atoms with Gasteiger partial charge in [-0.25, -0.2) is 0 Å². The van der Waals surface area contributed by atoms with Crippen LogP contribution in [0.25, 0.3) is 0 Å². The fourth-order valence-corrected chi connectivity index (χ4v) is 2.57. The standard InChI is InChI=1S/C11H19N3/c1-7-5-4-6-9(7)10-8(2)11(12)14(3)13-10/h7,9H,4-6,12H2,1-3H3. The lowest BCUT2D eigenvalue weighted by Crippen LogP contribution is -2.04. The molecule has 0 aromatic carbocycles. The molecule has 1 aliphatic carbocycles. The molecule has 2 N–H and O–H groups in total. The predicted octanol–water partition coefficient (Wildman–Crippen LogP) is 2.21. The maximum atomic E-state index is 5.92. The Labute approximate surface area is 85.3 Å². The maximum absolute atomic E-state index is 5.92. The molecule has 1 saturated carbocycles. The molecule has 1 heterocycles. The Morgan fingerprint density at radius 2 is 2.14 bits per heavy atom. The van der Waals surface area contributed by atoms with Crippen LogP contribution in [-0.4, -0.2) is 9.78 Å². The highest BCUT2D eigenvalue weighted by Gasteiger charge is 2.29. The van der Waals surface area contributed by atoms with Gasteiger partial charge in [0, 0.05) is 18.5 Å². The Bertz CT molecular complexity index is 341. The zero-order valence-corrected chi connectivity index (χ0v) is 9.25. The summed E-state index contributed by atoms with van der Waals surface area (Å²) in [6.07, 6.45) is 3.95. The summed E-state index contributed by atoms with van der Waals surface area (Å²) in [5.74, 6) is 2.22. The summed E-state index contributed by atoms with van der Waals surface area (Å²) < 4.78 is 1.80. The number of aryl methyl sites for hydroxylation is 1. The van der Waals surface area contributed by atoms with E-state index < -0.39 is 0 Å². The highest BCUT2D eigenvalue weighted by atomic mass is 15.3. The van der Waals surface area contributed by atoms with Crippen LogP contribution in [0, 0.1) is 12.8 Å². The van der Waals surface area contributed by atoms with Crippen molar-refractivity contribution in [1.82, 2.24) is 9.78 Å². The minimum absolute atomic E-state index is 0.637. The average molecular weight is 193 g/mol. The first kappa shape index (κ1) is 9.56. The Balaban J connectivity index is 2.36. The summed E-state index contributed by atoms with van der Waals surface area (Å²) in [5, 5.41) is 4.53. The largest absolute Gasteiger partial charge is 0.384 e. The fourth-order valence-electron chi connectivity index (χ4n) is 2.57. The summed E-state index contributed by atoms with van der Waals surface area (Å²) in [6, 6.07) is 0. The Kier molecular flexibility index (Phi) is 2.25. The minimum Gasteiger partial charge on any atom is -0.384 e. The first-order valence-electron chi connectivity index (χ1n) is 5.40. The normalized spacial score (nSPS) is 27.1. The summed E-state index contributed by atoms with van der Waals surface area (Å²) in [4.78, 5) is 0. The van der Waals surface area contributed by atoms with Crippen molar-refractivity contribution in [1.29, 1.82) is 0 Å². The Morgan fingerprint density at radius 3 is 2.57 bits per heavy atom. The fraction of sp³-hybridized carbons (Fsp3) is 0.727. The second-order valence-corrected chi connectivity index (χ2v) is 4.53. The van der Waals surface area contributed by atoms with Crippen molar-refractivity contribution in [3.05, 3.63) is 11.3 Å². The molecule has 78 valence electrons. The topological polar surface area (TPSA) is 43.8 Å². The van der Waals surface area contributed by atoms with Crippen molar-refractivity contribution in [2.45, 2.75) is 39.0 Å².